The van der Waals surface area contributed by atoms with Crippen molar-refractivity contribution < 1.29 is 14.6 Å². The van der Waals surface area contributed by atoms with Crippen LogP contribution in [0.1, 0.15) is 61.9 Å². The topological polar surface area (TPSA) is 128 Å². The molecule has 0 unspecified atom stereocenters. The van der Waals surface area contributed by atoms with Gasteiger partial charge in [-0.15, -0.1) is 0 Å². The number of rotatable bonds is 11. The summed E-state index contributed by atoms with van der Waals surface area (Å²) in [4.78, 5) is 22.6. The minimum absolute atomic E-state index is 0.0471. The minimum Gasteiger partial charge on any atom is -0.504 e. The van der Waals surface area contributed by atoms with Crippen LogP contribution in [0.4, 0.5) is 5.82 Å². The number of nitrogens with one attached hydrogen (secondary N) is 1. The fourth-order valence-corrected chi connectivity index (χ4v) is 4.01. The van der Waals surface area contributed by atoms with E-state index in [1.807, 2.05) is 31.2 Å². The van der Waals surface area contributed by atoms with Gasteiger partial charge in [-0.25, -0.2) is 9.97 Å². The number of hydrogen-bond donors (Lipinski definition) is 3. The third kappa shape index (κ3) is 5.40. The average molecular weight is 489 g/mol. The van der Waals surface area contributed by atoms with Gasteiger partial charge in [0.2, 0.25) is 0 Å². The Morgan fingerprint density at radius 2 is 1.86 bits per heavy atom. The number of nitrogen functional groups attached to an aromatic ring is 1. The largest absolute Gasteiger partial charge is 0.504 e. The number of aromatic hydroxyl groups is 1. The fraction of sp³-hybridized carbons (Fsp3) is 0.333. The molecule has 188 valence electrons. The van der Waals surface area contributed by atoms with Gasteiger partial charge in [0.15, 0.2) is 17.1 Å². The number of carbonyl (C=O) groups excluding carboxylic acids is 1. The number of fused-ring (bicyclic) bond motifs is 2. The average Bonchev–Trinajstić information content (AvgIpc) is 3.15. The number of unbranched alkanes of at least 4 members (excludes halogenated alkanes) is 4. The van der Waals surface area contributed by atoms with Crippen molar-refractivity contribution in [3.8, 4) is 11.5 Å². The first-order valence-electron chi connectivity index (χ1n) is 12.4. The van der Waals surface area contributed by atoms with Gasteiger partial charge in [-0.3, -0.25) is 4.79 Å². The standard InChI is InChI=1S/C27H32N6O3/c1-3-5-6-7-10-15-29-27(35)23-24-26(32-20-12-9-8-11-19(20)31-24)33(25(23)28)30-17-18-13-14-21(34)22(16-18)36-4-2/h8-9,11-14,16-17,34H,3-7,10,15,28H2,1-2H3,(H,29,35)/b30-17+. The lowest BCUT2D eigenvalue weighted by Crippen LogP contribution is -2.25. The number of anilines is 1. The van der Waals surface area contributed by atoms with E-state index >= 15 is 0 Å². The summed E-state index contributed by atoms with van der Waals surface area (Å²) < 4.78 is 6.89. The Morgan fingerprint density at radius 1 is 1.11 bits per heavy atom. The highest BCUT2D eigenvalue weighted by Gasteiger charge is 2.23. The Hall–Kier alpha value is -4.14. The van der Waals surface area contributed by atoms with Crippen LogP contribution in [-0.4, -0.2) is 45.0 Å². The molecule has 0 saturated carbocycles. The van der Waals surface area contributed by atoms with E-state index in [1.54, 1.807) is 18.3 Å². The van der Waals surface area contributed by atoms with Crippen LogP contribution in [0.5, 0.6) is 11.5 Å². The van der Waals surface area contributed by atoms with Crippen LogP contribution in [-0.2, 0) is 0 Å². The van der Waals surface area contributed by atoms with Crippen molar-refractivity contribution in [2.45, 2.75) is 46.0 Å². The van der Waals surface area contributed by atoms with Gasteiger partial charge in [0.1, 0.15) is 16.9 Å². The number of phenols is 1. The van der Waals surface area contributed by atoms with Crippen LogP contribution >= 0.6 is 0 Å². The molecule has 4 rings (SSSR count). The summed E-state index contributed by atoms with van der Waals surface area (Å²) in [5.74, 6) is 0.265. The molecular formula is C27H32N6O3. The number of nitrogens with two attached hydrogens (primary N) is 1. The van der Waals surface area contributed by atoms with Crippen molar-refractivity contribution in [3.63, 3.8) is 0 Å². The molecule has 0 bridgehead atoms. The van der Waals surface area contributed by atoms with E-state index in [9.17, 15) is 9.90 Å². The van der Waals surface area contributed by atoms with Gasteiger partial charge in [-0.05, 0) is 49.2 Å². The number of hydrogen-bond acceptors (Lipinski definition) is 7. The number of phenolic OH excluding ortho intramolecular Hbond substituents is 1. The third-order valence-electron chi connectivity index (χ3n) is 5.87. The molecule has 0 saturated heterocycles. The number of benzene rings is 2. The van der Waals surface area contributed by atoms with Gasteiger partial charge in [0.05, 0.1) is 23.9 Å². The number of aromatic nitrogens is 3. The molecule has 0 aliphatic rings. The predicted octanol–water partition coefficient (Wildman–Crippen LogP) is 4.85. The molecule has 0 aliphatic carbocycles. The first-order chi connectivity index (χ1) is 17.5. The second-order valence-electron chi connectivity index (χ2n) is 8.53. The first kappa shape index (κ1) is 25.0. The maximum Gasteiger partial charge on any atom is 0.257 e. The molecule has 2 aromatic heterocycles. The molecule has 9 nitrogen and oxygen atoms in total. The molecule has 2 aromatic carbocycles. The van der Waals surface area contributed by atoms with Crippen molar-refractivity contribution in [2.75, 3.05) is 18.9 Å². The predicted molar refractivity (Wildman–Crippen MR) is 143 cm³/mol. The van der Waals surface area contributed by atoms with E-state index in [-0.39, 0.29) is 23.0 Å². The number of nitrogens with zero attached hydrogens (tertiary/aromatic N) is 4. The van der Waals surface area contributed by atoms with Crippen LogP contribution in [0.25, 0.3) is 22.2 Å². The van der Waals surface area contributed by atoms with Crippen LogP contribution < -0.4 is 15.8 Å². The SMILES string of the molecule is CCCCCCCNC(=O)c1c(N)n(/N=C/c2ccc(O)c(OCC)c2)c2nc3ccccc3nc12. The summed E-state index contributed by atoms with van der Waals surface area (Å²) >= 11 is 0. The first-order valence-corrected chi connectivity index (χ1v) is 12.4. The zero-order valence-electron chi connectivity index (χ0n) is 20.7. The molecule has 0 fully saturated rings. The van der Waals surface area contributed by atoms with E-state index in [1.165, 1.54) is 23.6 Å². The number of para-hydroxylation sites is 2. The summed E-state index contributed by atoms with van der Waals surface area (Å²) in [5.41, 5.74) is 9.52. The summed E-state index contributed by atoms with van der Waals surface area (Å²) in [6.07, 6.45) is 7.07. The molecule has 9 heteroatoms. The highest BCUT2D eigenvalue weighted by molar-refractivity contribution is 6.10. The monoisotopic (exact) mass is 488 g/mol. The van der Waals surface area contributed by atoms with Crippen molar-refractivity contribution in [3.05, 3.63) is 53.6 Å². The van der Waals surface area contributed by atoms with E-state index in [4.69, 9.17) is 20.4 Å². The minimum atomic E-state index is -0.296. The molecule has 4 N–H and O–H groups in total. The lowest BCUT2D eigenvalue weighted by atomic mass is 10.1. The quantitative estimate of drug-likeness (QED) is 0.204. The molecular weight excluding hydrogens is 456 g/mol. The van der Waals surface area contributed by atoms with E-state index in [2.05, 4.69) is 17.3 Å². The highest BCUT2D eigenvalue weighted by atomic mass is 16.5. The Labute approximate surface area is 210 Å². The molecule has 0 radical (unpaired) electrons. The van der Waals surface area contributed by atoms with Gasteiger partial charge in [0.25, 0.3) is 5.91 Å². The molecule has 2 heterocycles. The van der Waals surface area contributed by atoms with E-state index in [0.717, 1.165) is 19.3 Å². The van der Waals surface area contributed by atoms with Crippen LogP contribution in [0.3, 0.4) is 0 Å². The van der Waals surface area contributed by atoms with Crippen molar-refractivity contribution in [2.24, 2.45) is 5.10 Å². The van der Waals surface area contributed by atoms with Crippen LogP contribution in [0.2, 0.25) is 0 Å². The van der Waals surface area contributed by atoms with Crippen LogP contribution in [0.15, 0.2) is 47.6 Å². The smallest absolute Gasteiger partial charge is 0.257 e. The molecule has 1 amide bonds. The fourth-order valence-electron chi connectivity index (χ4n) is 4.01. The van der Waals surface area contributed by atoms with Gasteiger partial charge in [-0.1, -0.05) is 44.7 Å². The third-order valence-corrected chi connectivity index (χ3v) is 5.87. The van der Waals surface area contributed by atoms with Crippen molar-refractivity contribution in [1.29, 1.82) is 0 Å². The summed E-state index contributed by atoms with van der Waals surface area (Å²) in [6, 6.07) is 12.4. The molecule has 0 atom stereocenters. The number of ether oxygens (including phenoxy) is 1. The lowest BCUT2D eigenvalue weighted by Gasteiger charge is -2.06. The lowest BCUT2D eigenvalue weighted by molar-refractivity contribution is 0.0955. The normalized spacial score (nSPS) is 11.5. The Bertz CT molecular complexity index is 1400. The Balaban J connectivity index is 1.70. The van der Waals surface area contributed by atoms with Crippen molar-refractivity contribution in [1.82, 2.24) is 20.0 Å². The molecule has 0 spiro atoms. The Morgan fingerprint density at radius 3 is 2.61 bits per heavy atom. The van der Waals surface area contributed by atoms with Gasteiger partial charge < -0.3 is 20.9 Å². The highest BCUT2D eigenvalue weighted by Crippen LogP contribution is 2.29. The van der Waals surface area contributed by atoms with Gasteiger partial charge in [0, 0.05) is 6.54 Å². The molecule has 0 aliphatic heterocycles. The maximum absolute atomic E-state index is 13.2. The maximum atomic E-state index is 13.2. The summed E-state index contributed by atoms with van der Waals surface area (Å²) in [6.45, 7) is 5.00. The zero-order valence-corrected chi connectivity index (χ0v) is 20.7. The van der Waals surface area contributed by atoms with E-state index < -0.39 is 0 Å². The summed E-state index contributed by atoms with van der Waals surface area (Å²) in [5, 5.41) is 17.5. The second-order valence-corrected chi connectivity index (χ2v) is 8.53. The van der Waals surface area contributed by atoms with E-state index in [0.29, 0.717) is 46.7 Å². The van der Waals surface area contributed by atoms with Crippen LogP contribution in [0, 0.1) is 0 Å². The van der Waals surface area contributed by atoms with Gasteiger partial charge >= 0.3 is 0 Å². The number of carbonyl (C=O) groups is 1. The van der Waals surface area contributed by atoms with Gasteiger partial charge in [-0.2, -0.15) is 9.78 Å². The summed E-state index contributed by atoms with van der Waals surface area (Å²) in [7, 11) is 0. The molecule has 4 aromatic rings. The van der Waals surface area contributed by atoms with Crippen molar-refractivity contribution >= 4 is 40.1 Å². The second kappa shape index (κ2) is 11.5. The molecule has 36 heavy (non-hydrogen) atoms. The zero-order chi connectivity index (χ0) is 25.5. The number of amides is 1. The Kier molecular flexibility index (Phi) is 7.99.